The van der Waals surface area contributed by atoms with E-state index < -0.39 is 0 Å². The molecule has 0 aliphatic heterocycles. The van der Waals surface area contributed by atoms with Crippen LogP contribution in [-0.2, 0) is 0 Å². The van der Waals surface area contributed by atoms with E-state index in [4.69, 9.17) is 17.3 Å². The van der Waals surface area contributed by atoms with Crippen molar-refractivity contribution in [2.45, 2.75) is 32.2 Å². The molecule has 108 valence electrons. The number of rotatable bonds is 4. The van der Waals surface area contributed by atoms with E-state index in [2.05, 4.69) is 21.9 Å². The monoisotopic (exact) mass is 293 g/mol. The number of anilines is 1. The van der Waals surface area contributed by atoms with Crippen molar-refractivity contribution in [1.29, 1.82) is 0 Å². The molecule has 1 aliphatic rings. The standard InChI is InChI=1S/C14H20ClN5/c1-2-19(12-5-3-4-10(12)8-16)14-17-13-7-6-11(15)9-20(13)18-14/h6-7,9-10,12H,2-5,8,16H2,1H3. The van der Waals surface area contributed by atoms with Crippen LogP contribution in [0.4, 0.5) is 5.95 Å². The van der Waals surface area contributed by atoms with Gasteiger partial charge in [-0.05, 0) is 44.4 Å². The Morgan fingerprint density at radius 1 is 1.45 bits per heavy atom. The Balaban J connectivity index is 1.94. The summed E-state index contributed by atoms with van der Waals surface area (Å²) in [6.45, 7) is 3.77. The molecule has 1 fully saturated rings. The molecular weight excluding hydrogens is 274 g/mol. The van der Waals surface area contributed by atoms with Crippen molar-refractivity contribution in [3.63, 3.8) is 0 Å². The highest BCUT2D eigenvalue weighted by atomic mass is 35.5. The number of halogens is 1. The summed E-state index contributed by atoms with van der Waals surface area (Å²) in [6, 6.07) is 4.18. The number of fused-ring (bicyclic) bond motifs is 1. The van der Waals surface area contributed by atoms with Crippen molar-refractivity contribution in [3.8, 4) is 0 Å². The Labute approximate surface area is 123 Å². The molecule has 1 saturated carbocycles. The first-order chi connectivity index (χ1) is 9.72. The van der Waals surface area contributed by atoms with Crippen molar-refractivity contribution in [1.82, 2.24) is 14.6 Å². The van der Waals surface area contributed by atoms with E-state index in [-0.39, 0.29) is 0 Å². The average molecular weight is 294 g/mol. The first kappa shape index (κ1) is 13.6. The molecule has 2 heterocycles. The van der Waals surface area contributed by atoms with Gasteiger partial charge in [-0.1, -0.05) is 18.0 Å². The van der Waals surface area contributed by atoms with Gasteiger partial charge in [-0.2, -0.15) is 4.98 Å². The van der Waals surface area contributed by atoms with E-state index in [1.54, 1.807) is 10.7 Å². The lowest BCUT2D eigenvalue weighted by Crippen LogP contribution is -2.41. The van der Waals surface area contributed by atoms with Crippen LogP contribution in [0.3, 0.4) is 0 Å². The third-order valence-electron chi connectivity index (χ3n) is 4.20. The van der Waals surface area contributed by atoms with Crippen molar-refractivity contribution in [3.05, 3.63) is 23.4 Å². The molecule has 0 amide bonds. The SMILES string of the molecule is CCN(c1nc2ccc(Cl)cn2n1)C1CCCC1CN. The van der Waals surface area contributed by atoms with Gasteiger partial charge in [0, 0.05) is 18.8 Å². The third kappa shape index (κ3) is 2.36. The van der Waals surface area contributed by atoms with Crippen molar-refractivity contribution < 1.29 is 0 Å². The molecule has 20 heavy (non-hydrogen) atoms. The van der Waals surface area contributed by atoms with Crippen molar-refractivity contribution in [2.75, 3.05) is 18.0 Å². The topological polar surface area (TPSA) is 59.5 Å². The fraction of sp³-hybridized carbons (Fsp3) is 0.571. The summed E-state index contributed by atoms with van der Waals surface area (Å²) >= 11 is 6.00. The smallest absolute Gasteiger partial charge is 0.245 e. The maximum Gasteiger partial charge on any atom is 0.245 e. The maximum absolute atomic E-state index is 6.00. The van der Waals surface area contributed by atoms with Crippen LogP contribution in [0.2, 0.25) is 5.02 Å². The van der Waals surface area contributed by atoms with Crippen LogP contribution in [-0.4, -0.2) is 33.7 Å². The second kappa shape index (κ2) is 5.58. The minimum absolute atomic E-state index is 0.456. The van der Waals surface area contributed by atoms with Crippen LogP contribution in [0.25, 0.3) is 5.65 Å². The molecule has 3 rings (SSSR count). The summed E-state index contributed by atoms with van der Waals surface area (Å²) in [7, 11) is 0. The highest BCUT2D eigenvalue weighted by Crippen LogP contribution is 2.31. The van der Waals surface area contributed by atoms with Crippen LogP contribution in [0.5, 0.6) is 0 Å². The molecule has 0 bridgehead atoms. The molecule has 1 aliphatic carbocycles. The molecule has 2 aromatic heterocycles. The number of hydrogen-bond donors (Lipinski definition) is 1. The van der Waals surface area contributed by atoms with Crippen LogP contribution in [0.15, 0.2) is 18.3 Å². The molecule has 2 N–H and O–H groups in total. The van der Waals surface area contributed by atoms with Gasteiger partial charge in [-0.25, -0.2) is 4.52 Å². The van der Waals surface area contributed by atoms with E-state index in [0.29, 0.717) is 17.0 Å². The lowest BCUT2D eigenvalue weighted by molar-refractivity contribution is 0.456. The quantitative estimate of drug-likeness (QED) is 0.940. The van der Waals surface area contributed by atoms with Crippen molar-refractivity contribution >= 4 is 23.2 Å². The molecule has 0 aromatic carbocycles. The number of aromatic nitrogens is 3. The summed E-state index contributed by atoms with van der Waals surface area (Å²) in [5.74, 6) is 1.32. The first-order valence-corrected chi connectivity index (χ1v) is 7.59. The zero-order valence-electron chi connectivity index (χ0n) is 11.7. The fourth-order valence-corrected chi connectivity index (χ4v) is 3.35. The molecular formula is C14H20ClN5. The number of pyridine rings is 1. The van der Waals surface area contributed by atoms with Gasteiger partial charge in [0.15, 0.2) is 5.65 Å². The third-order valence-corrected chi connectivity index (χ3v) is 4.43. The molecule has 5 nitrogen and oxygen atoms in total. The Morgan fingerprint density at radius 2 is 2.30 bits per heavy atom. The van der Waals surface area contributed by atoms with Gasteiger partial charge < -0.3 is 10.6 Å². The van der Waals surface area contributed by atoms with E-state index in [0.717, 1.165) is 24.7 Å². The van der Waals surface area contributed by atoms with Crippen LogP contribution in [0.1, 0.15) is 26.2 Å². The number of nitrogens with zero attached hydrogens (tertiary/aromatic N) is 4. The highest BCUT2D eigenvalue weighted by Gasteiger charge is 2.32. The largest absolute Gasteiger partial charge is 0.336 e. The maximum atomic E-state index is 6.00. The molecule has 0 radical (unpaired) electrons. The predicted octanol–water partition coefficient (Wildman–Crippen LogP) is 2.34. The summed E-state index contributed by atoms with van der Waals surface area (Å²) in [5.41, 5.74) is 6.72. The average Bonchev–Trinajstić information content (AvgIpc) is 3.05. The Bertz CT molecular complexity index is 596. The Hall–Kier alpha value is -1.33. The predicted molar refractivity (Wildman–Crippen MR) is 81.2 cm³/mol. The van der Waals surface area contributed by atoms with Crippen LogP contribution < -0.4 is 10.6 Å². The van der Waals surface area contributed by atoms with Gasteiger partial charge in [0.05, 0.1) is 5.02 Å². The minimum atomic E-state index is 0.456. The molecule has 0 saturated heterocycles. The summed E-state index contributed by atoms with van der Waals surface area (Å²) in [6.07, 6.45) is 5.40. The van der Waals surface area contributed by atoms with Crippen LogP contribution in [0, 0.1) is 5.92 Å². The number of hydrogen-bond acceptors (Lipinski definition) is 4. The Morgan fingerprint density at radius 3 is 3.05 bits per heavy atom. The molecule has 2 atom stereocenters. The van der Waals surface area contributed by atoms with Crippen LogP contribution >= 0.6 is 11.6 Å². The van der Waals surface area contributed by atoms with Gasteiger partial charge in [-0.15, -0.1) is 5.10 Å². The molecule has 2 unspecified atom stereocenters. The van der Waals surface area contributed by atoms with Gasteiger partial charge in [0.2, 0.25) is 5.95 Å². The van der Waals surface area contributed by atoms with Gasteiger partial charge >= 0.3 is 0 Å². The van der Waals surface area contributed by atoms with E-state index >= 15 is 0 Å². The summed E-state index contributed by atoms with van der Waals surface area (Å²) < 4.78 is 1.74. The van der Waals surface area contributed by atoms with E-state index in [9.17, 15) is 0 Å². The highest BCUT2D eigenvalue weighted by molar-refractivity contribution is 6.30. The van der Waals surface area contributed by atoms with Crippen molar-refractivity contribution in [2.24, 2.45) is 11.7 Å². The summed E-state index contributed by atoms with van der Waals surface area (Å²) in [5, 5.41) is 5.23. The van der Waals surface area contributed by atoms with Gasteiger partial charge in [0.25, 0.3) is 0 Å². The minimum Gasteiger partial charge on any atom is -0.336 e. The summed E-state index contributed by atoms with van der Waals surface area (Å²) in [4.78, 5) is 6.90. The zero-order chi connectivity index (χ0) is 14.1. The fourth-order valence-electron chi connectivity index (χ4n) is 3.19. The normalized spacial score (nSPS) is 22.6. The second-order valence-electron chi connectivity index (χ2n) is 5.34. The second-order valence-corrected chi connectivity index (χ2v) is 5.78. The lowest BCUT2D eigenvalue weighted by Gasteiger charge is -2.30. The Kier molecular flexibility index (Phi) is 3.81. The molecule has 0 spiro atoms. The molecule has 6 heteroatoms. The lowest BCUT2D eigenvalue weighted by atomic mass is 10.0. The first-order valence-electron chi connectivity index (χ1n) is 7.21. The van der Waals surface area contributed by atoms with E-state index in [1.807, 2.05) is 12.1 Å². The molecule has 2 aromatic rings. The number of nitrogens with two attached hydrogens (primary N) is 1. The van der Waals surface area contributed by atoms with E-state index in [1.165, 1.54) is 19.3 Å². The van der Waals surface area contributed by atoms with Gasteiger partial charge in [0.1, 0.15) is 0 Å². The zero-order valence-corrected chi connectivity index (χ0v) is 12.4. The van der Waals surface area contributed by atoms with Gasteiger partial charge in [-0.3, -0.25) is 0 Å².